The number of nitriles is 1. The van der Waals surface area contributed by atoms with Gasteiger partial charge in [0, 0.05) is 55.5 Å². The SMILES string of the molecule is CC(=O)N1CC2CC(C(=O)Nc3cc(-c4cc(C#N)n5c4CC(C)(C)C5)c(Cl)cn3)C[C@@H]2C1. The number of amides is 2. The van der Waals surface area contributed by atoms with E-state index in [9.17, 15) is 14.9 Å². The van der Waals surface area contributed by atoms with Gasteiger partial charge >= 0.3 is 0 Å². The molecule has 1 saturated heterocycles. The van der Waals surface area contributed by atoms with Crippen molar-refractivity contribution in [3.63, 3.8) is 0 Å². The summed E-state index contributed by atoms with van der Waals surface area (Å²) in [5.41, 5.74) is 3.51. The van der Waals surface area contributed by atoms with E-state index in [-0.39, 0.29) is 23.1 Å². The van der Waals surface area contributed by atoms with E-state index >= 15 is 0 Å². The van der Waals surface area contributed by atoms with Crippen LogP contribution in [0.1, 0.15) is 45.0 Å². The summed E-state index contributed by atoms with van der Waals surface area (Å²) < 4.78 is 2.08. The number of aromatic nitrogens is 2. The minimum atomic E-state index is -0.0697. The lowest BCUT2D eigenvalue weighted by Crippen LogP contribution is -2.29. The van der Waals surface area contributed by atoms with Gasteiger partial charge < -0.3 is 14.8 Å². The molecular formula is C25H28ClN5O2. The van der Waals surface area contributed by atoms with Crippen LogP contribution in [-0.4, -0.2) is 39.4 Å². The van der Waals surface area contributed by atoms with Gasteiger partial charge in [-0.25, -0.2) is 4.98 Å². The Morgan fingerprint density at radius 3 is 2.55 bits per heavy atom. The highest BCUT2D eigenvalue weighted by Gasteiger charge is 2.44. The number of nitrogens with zero attached hydrogens (tertiary/aromatic N) is 4. The van der Waals surface area contributed by atoms with E-state index in [1.165, 1.54) is 0 Å². The number of hydrogen-bond acceptors (Lipinski definition) is 4. The molecule has 3 atom stereocenters. The fourth-order valence-electron chi connectivity index (χ4n) is 5.94. The Morgan fingerprint density at radius 1 is 1.21 bits per heavy atom. The molecule has 4 heterocycles. The maximum absolute atomic E-state index is 13.0. The van der Waals surface area contributed by atoms with Crippen molar-refractivity contribution >= 4 is 29.2 Å². The van der Waals surface area contributed by atoms with Gasteiger partial charge in [-0.1, -0.05) is 25.4 Å². The first-order valence-corrected chi connectivity index (χ1v) is 11.9. The molecule has 172 valence electrons. The van der Waals surface area contributed by atoms with Crippen molar-refractivity contribution in [1.82, 2.24) is 14.5 Å². The molecule has 2 aliphatic heterocycles. The summed E-state index contributed by atoms with van der Waals surface area (Å²) in [6.45, 7) is 8.29. The molecule has 1 N–H and O–H groups in total. The van der Waals surface area contributed by atoms with Gasteiger partial charge in [0.2, 0.25) is 11.8 Å². The standard InChI is InChI=1S/C25H28ClN5O2/c1-14(32)30-11-16-4-15(5-17(16)12-30)24(33)29-23-7-19(21(26)10-28-23)20-6-18(9-27)31-13-25(2,3)8-22(20)31/h6-7,10,15-17H,4-5,8,11-13H2,1-3H3,(H,28,29,33)/t15?,16-,17?/m1/s1. The van der Waals surface area contributed by atoms with Gasteiger partial charge in [-0.3, -0.25) is 9.59 Å². The molecule has 2 amide bonds. The van der Waals surface area contributed by atoms with Gasteiger partial charge in [0.05, 0.1) is 5.02 Å². The summed E-state index contributed by atoms with van der Waals surface area (Å²) in [7, 11) is 0. The smallest absolute Gasteiger partial charge is 0.228 e. The van der Waals surface area contributed by atoms with E-state index < -0.39 is 0 Å². The zero-order valence-corrected chi connectivity index (χ0v) is 19.9. The van der Waals surface area contributed by atoms with Crippen LogP contribution in [0.15, 0.2) is 18.3 Å². The number of pyridine rings is 1. The molecular weight excluding hydrogens is 438 g/mol. The van der Waals surface area contributed by atoms with Gasteiger partial charge in [0.1, 0.15) is 17.6 Å². The number of halogens is 1. The van der Waals surface area contributed by atoms with E-state index in [1.807, 2.05) is 17.0 Å². The summed E-state index contributed by atoms with van der Waals surface area (Å²) in [5.74, 6) is 1.28. The Labute approximate surface area is 198 Å². The van der Waals surface area contributed by atoms with E-state index in [1.54, 1.807) is 13.1 Å². The van der Waals surface area contributed by atoms with Crippen LogP contribution in [0.25, 0.3) is 11.1 Å². The zero-order chi connectivity index (χ0) is 23.5. The maximum Gasteiger partial charge on any atom is 0.228 e. The Hall–Kier alpha value is -2.85. The highest BCUT2D eigenvalue weighted by Crippen LogP contribution is 2.43. The summed E-state index contributed by atoms with van der Waals surface area (Å²) >= 11 is 6.52. The molecule has 0 spiro atoms. The average molecular weight is 466 g/mol. The van der Waals surface area contributed by atoms with Crippen LogP contribution in [0.4, 0.5) is 5.82 Å². The van der Waals surface area contributed by atoms with E-state index in [0.717, 1.165) is 55.7 Å². The molecule has 33 heavy (non-hydrogen) atoms. The number of fused-ring (bicyclic) bond motifs is 2. The number of carbonyl (C=O) groups is 2. The molecule has 0 aromatic carbocycles. The highest BCUT2D eigenvalue weighted by atomic mass is 35.5. The van der Waals surface area contributed by atoms with Crippen LogP contribution in [0.3, 0.4) is 0 Å². The molecule has 0 bridgehead atoms. The number of hydrogen-bond donors (Lipinski definition) is 1. The molecule has 8 heteroatoms. The molecule has 2 unspecified atom stereocenters. The third kappa shape index (κ3) is 3.91. The van der Waals surface area contributed by atoms with Gasteiger partial charge in [0.15, 0.2) is 0 Å². The lowest BCUT2D eigenvalue weighted by Gasteiger charge is -2.17. The van der Waals surface area contributed by atoms with Gasteiger partial charge in [-0.2, -0.15) is 5.26 Å². The van der Waals surface area contributed by atoms with Crippen LogP contribution < -0.4 is 5.32 Å². The Kier molecular flexibility index (Phi) is 5.24. The van der Waals surface area contributed by atoms with E-state index in [2.05, 4.69) is 34.8 Å². The normalized spacial score (nSPS) is 24.9. The third-order valence-electron chi connectivity index (χ3n) is 7.52. The van der Waals surface area contributed by atoms with Crippen LogP contribution in [0, 0.1) is 34.5 Å². The second kappa shape index (κ2) is 7.88. The predicted octanol–water partition coefficient (Wildman–Crippen LogP) is 4.10. The Bertz CT molecular complexity index is 1180. The summed E-state index contributed by atoms with van der Waals surface area (Å²) in [6, 6.07) is 6.00. The lowest BCUT2D eigenvalue weighted by atomic mass is 9.89. The first-order chi connectivity index (χ1) is 15.6. The van der Waals surface area contributed by atoms with Crippen molar-refractivity contribution in [1.29, 1.82) is 5.26 Å². The molecule has 1 saturated carbocycles. The molecule has 5 rings (SSSR count). The van der Waals surface area contributed by atoms with Crippen LogP contribution in [0.2, 0.25) is 5.02 Å². The maximum atomic E-state index is 13.0. The number of carbonyl (C=O) groups excluding carboxylic acids is 2. The van der Waals surface area contributed by atoms with Gasteiger partial charge in [0.25, 0.3) is 0 Å². The topological polar surface area (TPSA) is 91.0 Å². The zero-order valence-electron chi connectivity index (χ0n) is 19.2. The van der Waals surface area contributed by atoms with Crippen molar-refractivity contribution in [3.8, 4) is 17.2 Å². The first kappa shape index (κ1) is 22.0. The third-order valence-corrected chi connectivity index (χ3v) is 7.82. The largest absolute Gasteiger partial charge is 0.342 e. The molecule has 1 aliphatic carbocycles. The van der Waals surface area contributed by atoms with Gasteiger partial charge in [-0.15, -0.1) is 0 Å². The monoisotopic (exact) mass is 465 g/mol. The second-order valence-electron chi connectivity index (χ2n) is 10.6. The average Bonchev–Trinajstić information content (AvgIpc) is 3.47. The van der Waals surface area contributed by atoms with Crippen LogP contribution in [0.5, 0.6) is 0 Å². The summed E-state index contributed by atoms with van der Waals surface area (Å²) in [6.07, 6.45) is 4.02. The highest BCUT2D eigenvalue weighted by molar-refractivity contribution is 6.33. The number of likely N-dealkylation sites (tertiary alicyclic amines) is 1. The summed E-state index contributed by atoms with van der Waals surface area (Å²) in [5, 5.41) is 13.1. The van der Waals surface area contributed by atoms with Crippen molar-refractivity contribution in [2.24, 2.45) is 23.2 Å². The predicted molar refractivity (Wildman–Crippen MR) is 125 cm³/mol. The molecule has 2 aromatic rings. The Balaban J connectivity index is 1.35. The Morgan fingerprint density at radius 2 is 1.91 bits per heavy atom. The molecule has 2 aromatic heterocycles. The molecule has 0 radical (unpaired) electrons. The fourth-order valence-corrected chi connectivity index (χ4v) is 6.14. The van der Waals surface area contributed by atoms with Crippen LogP contribution in [-0.2, 0) is 22.6 Å². The van der Waals surface area contributed by atoms with Crippen LogP contribution >= 0.6 is 11.6 Å². The fraction of sp³-hybridized carbons (Fsp3) is 0.520. The van der Waals surface area contributed by atoms with E-state index in [4.69, 9.17) is 11.6 Å². The molecule has 2 fully saturated rings. The quantitative estimate of drug-likeness (QED) is 0.738. The molecule has 3 aliphatic rings. The number of nitrogens with one attached hydrogen (secondary N) is 1. The van der Waals surface area contributed by atoms with Crippen molar-refractivity contribution in [3.05, 3.63) is 34.7 Å². The second-order valence-corrected chi connectivity index (χ2v) is 11.0. The van der Waals surface area contributed by atoms with Crippen molar-refractivity contribution in [2.75, 3.05) is 18.4 Å². The number of rotatable bonds is 3. The first-order valence-electron chi connectivity index (χ1n) is 11.5. The van der Waals surface area contributed by atoms with E-state index in [0.29, 0.717) is 28.4 Å². The molecule has 7 nitrogen and oxygen atoms in total. The minimum absolute atomic E-state index is 0.0273. The minimum Gasteiger partial charge on any atom is -0.342 e. The van der Waals surface area contributed by atoms with Crippen molar-refractivity contribution in [2.45, 2.75) is 46.6 Å². The van der Waals surface area contributed by atoms with Crippen molar-refractivity contribution < 1.29 is 9.59 Å². The summed E-state index contributed by atoms with van der Waals surface area (Å²) in [4.78, 5) is 30.9. The lowest BCUT2D eigenvalue weighted by molar-refractivity contribution is -0.128. The number of anilines is 1. The van der Waals surface area contributed by atoms with Gasteiger partial charge in [-0.05, 0) is 48.6 Å².